The molecule has 0 aliphatic rings. The predicted octanol–water partition coefficient (Wildman–Crippen LogP) is 3.69. The van der Waals surface area contributed by atoms with Crippen molar-refractivity contribution in [1.29, 1.82) is 0 Å². The van der Waals surface area contributed by atoms with Crippen molar-refractivity contribution in [2.45, 2.75) is 6.54 Å². The third-order valence-corrected chi connectivity index (χ3v) is 3.98. The molecule has 7 heteroatoms. The van der Waals surface area contributed by atoms with E-state index >= 15 is 0 Å². The first-order chi connectivity index (χ1) is 12.6. The second kappa shape index (κ2) is 7.86. The van der Waals surface area contributed by atoms with Crippen molar-refractivity contribution in [3.63, 3.8) is 0 Å². The van der Waals surface area contributed by atoms with Gasteiger partial charge in [-0.3, -0.25) is 15.5 Å². The van der Waals surface area contributed by atoms with Crippen LogP contribution < -0.4 is 16.4 Å². The monoisotopic (exact) mass is 370 g/mol. The van der Waals surface area contributed by atoms with E-state index in [-0.39, 0.29) is 23.6 Å². The molecule has 6 nitrogen and oxygen atoms in total. The Labute approximate surface area is 154 Å². The Balaban J connectivity index is 1.88. The molecule has 0 atom stereocenters. The van der Waals surface area contributed by atoms with Gasteiger partial charge in [-0.25, -0.2) is 4.79 Å². The predicted molar refractivity (Wildman–Crippen MR) is 98.4 cm³/mol. The Morgan fingerprint density at radius 1 is 1.08 bits per heavy atom. The number of amides is 1. The quantitative estimate of drug-likeness (QED) is 0.596. The van der Waals surface area contributed by atoms with E-state index in [2.05, 4.69) is 5.32 Å². The lowest BCUT2D eigenvalue weighted by Crippen LogP contribution is -2.29. The number of carbonyl (C=O) groups is 1. The molecular weight excluding hydrogens is 356 g/mol. The molecule has 0 aliphatic heterocycles. The third-order valence-electron chi connectivity index (χ3n) is 3.72. The summed E-state index contributed by atoms with van der Waals surface area (Å²) in [6, 6.07) is 17.2. The van der Waals surface area contributed by atoms with Crippen molar-refractivity contribution in [3.05, 3.63) is 87.2 Å². The molecule has 1 aromatic heterocycles. The molecule has 0 radical (unpaired) electrons. The Kier molecular flexibility index (Phi) is 5.36. The number of hydrogen-bond acceptors (Lipinski definition) is 5. The van der Waals surface area contributed by atoms with Gasteiger partial charge < -0.3 is 9.73 Å². The molecule has 0 aliphatic carbocycles. The highest BCUT2D eigenvalue weighted by atomic mass is 35.5. The number of rotatable bonds is 5. The summed E-state index contributed by atoms with van der Waals surface area (Å²) in [6.07, 6.45) is 0. The Morgan fingerprint density at radius 3 is 2.42 bits per heavy atom. The van der Waals surface area contributed by atoms with Gasteiger partial charge in [0.1, 0.15) is 5.76 Å². The second-order valence-electron chi connectivity index (χ2n) is 5.47. The number of nitrogens with one attached hydrogen (secondary N) is 2. The number of hydrogen-bond donors (Lipinski definition) is 3. The van der Waals surface area contributed by atoms with Gasteiger partial charge in [-0.1, -0.05) is 41.9 Å². The highest BCUT2D eigenvalue weighted by Crippen LogP contribution is 2.24. The number of anilines is 1. The standard InChI is InChI=1S/C19H15ClN2O4/c20-14-8-6-13(7-9-14)16-10-15(22-25)17(19(24)26-16)18(23)21-11-12-4-2-1-3-5-12/h1-10,22,25H,11H2,(H,21,23). The molecule has 1 amide bonds. The van der Waals surface area contributed by atoms with E-state index in [4.69, 9.17) is 16.0 Å². The number of benzene rings is 2. The van der Waals surface area contributed by atoms with Crippen LogP contribution in [0.25, 0.3) is 11.3 Å². The normalized spacial score (nSPS) is 10.4. The lowest BCUT2D eigenvalue weighted by molar-refractivity contribution is 0.0947. The molecule has 2 aromatic carbocycles. The fourth-order valence-electron chi connectivity index (χ4n) is 2.42. The van der Waals surface area contributed by atoms with Gasteiger partial charge in [-0.15, -0.1) is 0 Å². The molecule has 132 valence electrons. The maximum atomic E-state index is 12.4. The molecule has 0 saturated carbocycles. The van der Waals surface area contributed by atoms with Crippen LogP contribution in [0.1, 0.15) is 15.9 Å². The van der Waals surface area contributed by atoms with Crippen LogP contribution in [0.5, 0.6) is 0 Å². The minimum absolute atomic E-state index is 0.0447. The number of carbonyl (C=O) groups excluding carboxylic acids is 1. The van der Waals surface area contributed by atoms with Gasteiger partial charge in [0, 0.05) is 23.2 Å². The summed E-state index contributed by atoms with van der Waals surface area (Å²) in [4.78, 5) is 24.7. The van der Waals surface area contributed by atoms with Gasteiger partial charge in [0.25, 0.3) is 5.91 Å². The molecule has 26 heavy (non-hydrogen) atoms. The van der Waals surface area contributed by atoms with Gasteiger partial charge in [0.15, 0.2) is 5.56 Å². The van der Waals surface area contributed by atoms with E-state index in [9.17, 15) is 14.8 Å². The fourth-order valence-corrected chi connectivity index (χ4v) is 2.55. The molecule has 3 N–H and O–H groups in total. The summed E-state index contributed by atoms with van der Waals surface area (Å²) in [6.45, 7) is 0.239. The van der Waals surface area contributed by atoms with E-state index in [1.165, 1.54) is 6.07 Å². The van der Waals surface area contributed by atoms with Gasteiger partial charge in [-0.05, 0) is 29.8 Å². The van der Waals surface area contributed by atoms with E-state index in [0.29, 0.717) is 10.6 Å². The van der Waals surface area contributed by atoms with Crippen LogP contribution in [-0.2, 0) is 6.54 Å². The first-order valence-electron chi connectivity index (χ1n) is 7.75. The SMILES string of the molecule is O=C(NCc1ccccc1)c1c(NO)cc(-c2ccc(Cl)cc2)oc1=O. The van der Waals surface area contributed by atoms with Crippen molar-refractivity contribution in [1.82, 2.24) is 5.32 Å². The molecule has 1 heterocycles. The van der Waals surface area contributed by atoms with Gasteiger partial charge in [0.05, 0.1) is 5.69 Å². The van der Waals surface area contributed by atoms with Crippen molar-refractivity contribution in [3.8, 4) is 11.3 Å². The van der Waals surface area contributed by atoms with Crippen LogP contribution in [-0.4, -0.2) is 11.1 Å². The minimum atomic E-state index is -0.862. The Bertz CT molecular complexity index is 969. The van der Waals surface area contributed by atoms with Crippen LogP contribution >= 0.6 is 11.6 Å². The summed E-state index contributed by atoms with van der Waals surface area (Å²) >= 11 is 5.84. The number of halogens is 1. The molecule has 0 spiro atoms. The van der Waals surface area contributed by atoms with Crippen LogP contribution in [0, 0.1) is 0 Å². The minimum Gasteiger partial charge on any atom is -0.422 e. The average Bonchev–Trinajstić information content (AvgIpc) is 2.66. The van der Waals surface area contributed by atoms with Gasteiger partial charge in [0.2, 0.25) is 0 Å². The zero-order valence-corrected chi connectivity index (χ0v) is 14.3. The molecule has 0 bridgehead atoms. The summed E-state index contributed by atoms with van der Waals surface area (Å²) in [5.41, 5.74) is 2.14. The average molecular weight is 371 g/mol. The second-order valence-corrected chi connectivity index (χ2v) is 5.91. The van der Waals surface area contributed by atoms with Crippen molar-refractivity contribution < 1.29 is 14.4 Å². The molecule has 0 unspecified atom stereocenters. The van der Waals surface area contributed by atoms with Gasteiger partial charge in [-0.2, -0.15) is 0 Å². The van der Waals surface area contributed by atoms with Crippen molar-refractivity contribution >= 4 is 23.2 Å². The third kappa shape index (κ3) is 3.93. The Hall–Kier alpha value is -3.09. The van der Waals surface area contributed by atoms with E-state index < -0.39 is 11.5 Å². The summed E-state index contributed by atoms with van der Waals surface area (Å²) in [5.74, 6) is -0.454. The first kappa shape index (κ1) is 17.7. The summed E-state index contributed by atoms with van der Waals surface area (Å²) in [5, 5.41) is 12.5. The van der Waals surface area contributed by atoms with E-state index in [0.717, 1.165) is 5.56 Å². The maximum absolute atomic E-state index is 12.4. The lowest BCUT2D eigenvalue weighted by atomic mass is 10.1. The molecular formula is C19H15ClN2O4. The van der Waals surface area contributed by atoms with Crippen LogP contribution in [0.3, 0.4) is 0 Å². The molecule has 0 fully saturated rings. The smallest absolute Gasteiger partial charge is 0.351 e. The van der Waals surface area contributed by atoms with E-state index in [1.54, 1.807) is 24.3 Å². The zero-order valence-electron chi connectivity index (χ0n) is 13.5. The zero-order chi connectivity index (χ0) is 18.5. The molecule has 3 aromatic rings. The maximum Gasteiger partial charge on any atom is 0.351 e. The summed E-state index contributed by atoms with van der Waals surface area (Å²) in [7, 11) is 0. The van der Waals surface area contributed by atoms with Crippen LogP contribution in [0.15, 0.2) is 69.9 Å². The topological polar surface area (TPSA) is 91.6 Å². The van der Waals surface area contributed by atoms with Gasteiger partial charge >= 0.3 is 5.63 Å². The summed E-state index contributed by atoms with van der Waals surface area (Å²) < 4.78 is 5.24. The largest absolute Gasteiger partial charge is 0.422 e. The van der Waals surface area contributed by atoms with E-state index in [1.807, 2.05) is 35.8 Å². The Morgan fingerprint density at radius 2 is 1.77 bits per heavy atom. The highest BCUT2D eigenvalue weighted by Gasteiger charge is 2.19. The highest BCUT2D eigenvalue weighted by molar-refractivity contribution is 6.30. The fraction of sp³-hybridized carbons (Fsp3) is 0.0526. The molecule has 0 saturated heterocycles. The first-order valence-corrected chi connectivity index (χ1v) is 8.12. The van der Waals surface area contributed by atoms with Crippen molar-refractivity contribution in [2.24, 2.45) is 0 Å². The van der Waals surface area contributed by atoms with Crippen molar-refractivity contribution in [2.75, 3.05) is 5.48 Å². The van der Waals surface area contributed by atoms with Crippen LogP contribution in [0.4, 0.5) is 5.69 Å². The molecule has 3 rings (SSSR count). The lowest BCUT2D eigenvalue weighted by Gasteiger charge is -2.10. The van der Waals surface area contributed by atoms with Crippen LogP contribution in [0.2, 0.25) is 5.02 Å².